The molecule has 24 heavy (non-hydrogen) atoms. The first kappa shape index (κ1) is 15.7. The standard InChI is InChI=1S/C18H20N2O3S/c21-17(14-12-24-16(19-14)13-6-2-1-3-7-13)20-9-5-4-8-15(20)18-22-10-11-23-18/h1-3,6-7,12,15,18H,4-5,8-11H2/t15-/m1/s1. The highest BCUT2D eigenvalue weighted by Crippen LogP contribution is 2.28. The number of nitrogens with zero attached hydrogens (tertiary/aromatic N) is 2. The van der Waals surface area contributed by atoms with E-state index in [0.717, 1.165) is 36.4 Å². The molecular weight excluding hydrogens is 324 g/mol. The zero-order chi connectivity index (χ0) is 16.4. The van der Waals surface area contributed by atoms with Gasteiger partial charge in [-0.15, -0.1) is 11.3 Å². The first-order chi connectivity index (χ1) is 11.8. The third kappa shape index (κ3) is 3.09. The van der Waals surface area contributed by atoms with Gasteiger partial charge >= 0.3 is 0 Å². The van der Waals surface area contributed by atoms with E-state index < -0.39 is 0 Å². The molecule has 2 saturated heterocycles. The normalized spacial score (nSPS) is 22.0. The predicted octanol–water partition coefficient (Wildman–Crippen LogP) is 3.18. The second-order valence-electron chi connectivity index (χ2n) is 6.08. The number of ether oxygens (including phenoxy) is 2. The van der Waals surface area contributed by atoms with Gasteiger partial charge in [-0.05, 0) is 19.3 Å². The van der Waals surface area contributed by atoms with E-state index in [9.17, 15) is 4.79 Å². The fourth-order valence-electron chi connectivity index (χ4n) is 3.32. The van der Waals surface area contributed by atoms with Crippen molar-refractivity contribution in [3.05, 3.63) is 41.4 Å². The Morgan fingerprint density at radius 1 is 1.17 bits per heavy atom. The molecule has 126 valence electrons. The number of thiazole rings is 1. The first-order valence-corrected chi connectivity index (χ1v) is 9.26. The molecule has 1 aromatic carbocycles. The summed E-state index contributed by atoms with van der Waals surface area (Å²) in [4.78, 5) is 19.4. The number of carbonyl (C=O) groups is 1. The van der Waals surface area contributed by atoms with Gasteiger partial charge in [0, 0.05) is 17.5 Å². The highest BCUT2D eigenvalue weighted by Gasteiger charge is 2.37. The molecule has 0 aliphatic carbocycles. The van der Waals surface area contributed by atoms with Gasteiger partial charge in [0.15, 0.2) is 6.29 Å². The van der Waals surface area contributed by atoms with Gasteiger partial charge in [0.2, 0.25) is 0 Å². The molecule has 2 aliphatic heterocycles. The molecule has 2 aliphatic rings. The maximum absolute atomic E-state index is 13.0. The van der Waals surface area contributed by atoms with Crippen molar-refractivity contribution < 1.29 is 14.3 Å². The molecule has 0 saturated carbocycles. The molecule has 1 amide bonds. The highest BCUT2D eigenvalue weighted by molar-refractivity contribution is 7.13. The van der Waals surface area contributed by atoms with Gasteiger partial charge in [0.1, 0.15) is 10.7 Å². The Morgan fingerprint density at radius 3 is 2.75 bits per heavy atom. The molecule has 5 nitrogen and oxygen atoms in total. The molecule has 0 radical (unpaired) electrons. The van der Waals surface area contributed by atoms with Crippen molar-refractivity contribution in [1.82, 2.24) is 9.88 Å². The topological polar surface area (TPSA) is 51.7 Å². The van der Waals surface area contributed by atoms with Crippen molar-refractivity contribution in [1.29, 1.82) is 0 Å². The van der Waals surface area contributed by atoms with Gasteiger partial charge in [-0.1, -0.05) is 30.3 Å². The summed E-state index contributed by atoms with van der Waals surface area (Å²) in [5, 5.41) is 2.73. The van der Waals surface area contributed by atoms with E-state index in [0.29, 0.717) is 18.9 Å². The predicted molar refractivity (Wildman–Crippen MR) is 91.9 cm³/mol. The van der Waals surface area contributed by atoms with E-state index >= 15 is 0 Å². The Bertz CT molecular complexity index is 697. The lowest BCUT2D eigenvalue weighted by molar-refractivity contribution is -0.100. The first-order valence-electron chi connectivity index (χ1n) is 8.38. The fraction of sp³-hybridized carbons (Fsp3) is 0.444. The summed E-state index contributed by atoms with van der Waals surface area (Å²) in [6.07, 6.45) is 2.75. The Balaban J connectivity index is 1.54. The molecule has 2 aromatic rings. The van der Waals surface area contributed by atoms with Crippen LogP contribution < -0.4 is 0 Å². The van der Waals surface area contributed by atoms with Gasteiger partial charge in [0.05, 0.1) is 19.3 Å². The Labute approximate surface area is 145 Å². The third-order valence-corrected chi connectivity index (χ3v) is 5.41. The minimum absolute atomic E-state index is 0.00405. The number of rotatable bonds is 3. The average Bonchev–Trinajstić information content (AvgIpc) is 3.34. The van der Waals surface area contributed by atoms with E-state index in [-0.39, 0.29) is 18.2 Å². The molecule has 1 atom stereocenters. The fourth-order valence-corrected chi connectivity index (χ4v) is 4.12. The van der Waals surface area contributed by atoms with Crippen LogP contribution in [0.5, 0.6) is 0 Å². The molecule has 4 rings (SSSR count). The largest absolute Gasteiger partial charge is 0.348 e. The van der Waals surface area contributed by atoms with E-state index in [4.69, 9.17) is 9.47 Å². The Kier molecular flexibility index (Phi) is 4.60. The second kappa shape index (κ2) is 7.01. The van der Waals surface area contributed by atoms with Crippen molar-refractivity contribution >= 4 is 17.2 Å². The number of hydrogen-bond donors (Lipinski definition) is 0. The summed E-state index contributed by atoms with van der Waals surface area (Å²) in [7, 11) is 0. The molecular formula is C18H20N2O3S. The summed E-state index contributed by atoms with van der Waals surface area (Å²) in [6, 6.07) is 9.95. The number of aromatic nitrogens is 1. The summed E-state index contributed by atoms with van der Waals surface area (Å²) >= 11 is 1.51. The number of hydrogen-bond acceptors (Lipinski definition) is 5. The number of piperidine rings is 1. The van der Waals surface area contributed by atoms with Crippen LogP contribution in [0.15, 0.2) is 35.7 Å². The minimum atomic E-state index is -0.290. The number of carbonyl (C=O) groups excluding carboxylic acids is 1. The number of benzene rings is 1. The van der Waals surface area contributed by atoms with Crippen molar-refractivity contribution in [3.8, 4) is 10.6 Å². The van der Waals surface area contributed by atoms with Crippen molar-refractivity contribution in [3.63, 3.8) is 0 Å². The lowest BCUT2D eigenvalue weighted by Gasteiger charge is -2.37. The summed E-state index contributed by atoms with van der Waals surface area (Å²) in [5.41, 5.74) is 1.56. The van der Waals surface area contributed by atoms with Crippen LogP contribution in [0.2, 0.25) is 0 Å². The highest BCUT2D eigenvalue weighted by atomic mass is 32.1. The van der Waals surface area contributed by atoms with Crippen LogP contribution in [0.4, 0.5) is 0 Å². The van der Waals surface area contributed by atoms with Crippen LogP contribution in [0.3, 0.4) is 0 Å². The van der Waals surface area contributed by atoms with Gasteiger partial charge < -0.3 is 14.4 Å². The monoisotopic (exact) mass is 344 g/mol. The molecule has 0 unspecified atom stereocenters. The molecule has 3 heterocycles. The van der Waals surface area contributed by atoms with Gasteiger partial charge in [-0.25, -0.2) is 4.98 Å². The zero-order valence-corrected chi connectivity index (χ0v) is 14.2. The number of likely N-dealkylation sites (tertiary alicyclic amines) is 1. The van der Waals surface area contributed by atoms with Crippen molar-refractivity contribution in [2.45, 2.75) is 31.6 Å². The third-order valence-electron chi connectivity index (χ3n) is 4.52. The molecule has 0 N–H and O–H groups in total. The smallest absolute Gasteiger partial charge is 0.273 e. The summed E-state index contributed by atoms with van der Waals surface area (Å²) < 4.78 is 11.3. The van der Waals surface area contributed by atoms with Crippen LogP contribution in [0.1, 0.15) is 29.8 Å². The molecule has 1 aromatic heterocycles. The van der Waals surface area contributed by atoms with Crippen molar-refractivity contribution in [2.75, 3.05) is 19.8 Å². The Hall–Kier alpha value is -1.76. The number of amides is 1. The maximum Gasteiger partial charge on any atom is 0.273 e. The van der Waals surface area contributed by atoms with E-state index in [1.54, 1.807) is 0 Å². The van der Waals surface area contributed by atoms with Crippen LogP contribution in [0, 0.1) is 0 Å². The van der Waals surface area contributed by atoms with Gasteiger partial charge in [-0.3, -0.25) is 4.79 Å². The van der Waals surface area contributed by atoms with E-state index in [2.05, 4.69) is 4.98 Å². The van der Waals surface area contributed by atoms with Crippen molar-refractivity contribution in [2.24, 2.45) is 0 Å². The molecule has 0 bridgehead atoms. The van der Waals surface area contributed by atoms with E-state index in [1.807, 2.05) is 40.6 Å². The summed E-state index contributed by atoms with van der Waals surface area (Å²) in [6.45, 7) is 1.96. The van der Waals surface area contributed by atoms with Gasteiger partial charge in [0.25, 0.3) is 5.91 Å². The van der Waals surface area contributed by atoms with Crippen LogP contribution in [0.25, 0.3) is 10.6 Å². The van der Waals surface area contributed by atoms with Crippen LogP contribution in [-0.2, 0) is 9.47 Å². The summed E-state index contributed by atoms with van der Waals surface area (Å²) in [5.74, 6) is -0.0165. The average molecular weight is 344 g/mol. The van der Waals surface area contributed by atoms with E-state index in [1.165, 1.54) is 11.3 Å². The SMILES string of the molecule is O=C(c1csc(-c2ccccc2)n1)N1CCCC[C@@H]1C1OCCO1. The minimum Gasteiger partial charge on any atom is -0.348 e. The molecule has 6 heteroatoms. The molecule has 2 fully saturated rings. The van der Waals surface area contributed by atoms with Crippen LogP contribution in [-0.4, -0.2) is 47.9 Å². The quantitative estimate of drug-likeness (QED) is 0.858. The lowest BCUT2D eigenvalue weighted by atomic mass is 10.0. The Morgan fingerprint density at radius 2 is 1.96 bits per heavy atom. The zero-order valence-electron chi connectivity index (χ0n) is 13.4. The van der Waals surface area contributed by atoms with Gasteiger partial charge in [-0.2, -0.15) is 0 Å². The van der Waals surface area contributed by atoms with Crippen LogP contribution >= 0.6 is 11.3 Å². The molecule has 0 spiro atoms. The second-order valence-corrected chi connectivity index (χ2v) is 6.93. The maximum atomic E-state index is 13.0. The lowest BCUT2D eigenvalue weighted by Crippen LogP contribution is -2.50.